The van der Waals surface area contributed by atoms with Crippen LogP contribution in [0.3, 0.4) is 0 Å². The number of carbonyl (C=O) groups is 3. The molecule has 0 saturated carbocycles. The number of amides is 3. The zero-order valence-electron chi connectivity index (χ0n) is 18.3. The second-order valence-corrected chi connectivity index (χ2v) is 7.45. The molecule has 2 aliphatic heterocycles. The van der Waals surface area contributed by atoms with E-state index in [4.69, 9.17) is 19.7 Å². The van der Waals surface area contributed by atoms with Crippen molar-refractivity contribution in [3.63, 3.8) is 0 Å². The van der Waals surface area contributed by atoms with Crippen LogP contribution in [0.25, 0.3) is 10.4 Å². The molecule has 178 valence electrons. The summed E-state index contributed by atoms with van der Waals surface area (Å²) in [6.07, 6.45) is 0.568. The Bertz CT molecular complexity index is 903. The van der Waals surface area contributed by atoms with Crippen LogP contribution in [-0.2, 0) is 30.3 Å². The Labute approximate surface area is 191 Å². The highest BCUT2D eigenvalue weighted by atomic mass is 16.5. The Morgan fingerprint density at radius 2 is 1.82 bits per heavy atom. The first kappa shape index (κ1) is 24.5. The van der Waals surface area contributed by atoms with E-state index >= 15 is 0 Å². The van der Waals surface area contributed by atoms with Gasteiger partial charge in [-0.05, 0) is 24.1 Å². The molecule has 0 spiro atoms. The predicted octanol–water partition coefficient (Wildman–Crippen LogP) is 1.22. The molecule has 12 nitrogen and oxygen atoms in total. The molecule has 3 amide bonds. The number of benzene rings is 1. The van der Waals surface area contributed by atoms with Gasteiger partial charge in [-0.25, -0.2) is 0 Å². The third kappa shape index (κ3) is 6.90. The summed E-state index contributed by atoms with van der Waals surface area (Å²) in [4.78, 5) is 40.6. The van der Waals surface area contributed by atoms with Gasteiger partial charge in [0.2, 0.25) is 11.8 Å². The summed E-state index contributed by atoms with van der Waals surface area (Å²) in [6.45, 7) is 3.75. The molecule has 1 atom stereocenters. The molecule has 1 unspecified atom stereocenters. The van der Waals surface area contributed by atoms with E-state index in [0.717, 1.165) is 11.3 Å². The van der Waals surface area contributed by atoms with Gasteiger partial charge in [0.15, 0.2) is 0 Å². The molecule has 12 heteroatoms. The molecule has 2 N–H and O–H groups in total. The van der Waals surface area contributed by atoms with Gasteiger partial charge >= 0.3 is 0 Å². The van der Waals surface area contributed by atoms with Crippen LogP contribution in [0.15, 0.2) is 23.3 Å². The first-order valence-electron chi connectivity index (χ1n) is 10.9. The Morgan fingerprint density at radius 3 is 2.55 bits per heavy atom. The van der Waals surface area contributed by atoms with Gasteiger partial charge < -0.3 is 24.4 Å². The van der Waals surface area contributed by atoms with Crippen LogP contribution in [0.4, 0.5) is 5.69 Å². The highest BCUT2D eigenvalue weighted by Crippen LogP contribution is 2.32. The summed E-state index contributed by atoms with van der Waals surface area (Å²) in [5.41, 5.74) is 10.4. The number of nitrogens with one attached hydrogen (secondary N) is 2. The van der Waals surface area contributed by atoms with Crippen molar-refractivity contribution in [2.24, 2.45) is 5.11 Å². The van der Waals surface area contributed by atoms with Crippen molar-refractivity contribution in [3.8, 4) is 0 Å². The molecule has 3 rings (SSSR count). The van der Waals surface area contributed by atoms with Gasteiger partial charge in [0.25, 0.3) is 5.91 Å². The lowest BCUT2D eigenvalue weighted by Crippen LogP contribution is -2.52. The number of azide groups is 1. The second-order valence-electron chi connectivity index (χ2n) is 7.45. The van der Waals surface area contributed by atoms with Crippen LogP contribution < -0.4 is 10.6 Å². The van der Waals surface area contributed by atoms with E-state index in [9.17, 15) is 14.4 Å². The Balaban J connectivity index is 1.34. The van der Waals surface area contributed by atoms with Crippen LogP contribution in [0.2, 0.25) is 0 Å². The molecular formula is C21H28N6O6. The monoisotopic (exact) mass is 460 g/mol. The fourth-order valence-electron chi connectivity index (χ4n) is 3.70. The number of rotatable bonds is 14. The van der Waals surface area contributed by atoms with Crippen LogP contribution in [0.5, 0.6) is 0 Å². The highest BCUT2D eigenvalue weighted by molar-refractivity contribution is 6.06. The third-order valence-corrected chi connectivity index (χ3v) is 5.29. The van der Waals surface area contributed by atoms with Gasteiger partial charge in [0, 0.05) is 47.8 Å². The first-order valence-corrected chi connectivity index (χ1v) is 10.9. The largest absolute Gasteiger partial charge is 0.382 e. The van der Waals surface area contributed by atoms with Gasteiger partial charge in [-0.15, -0.1) is 0 Å². The van der Waals surface area contributed by atoms with Crippen LogP contribution in [0, 0.1) is 0 Å². The van der Waals surface area contributed by atoms with Crippen molar-refractivity contribution in [2.75, 3.05) is 58.0 Å². The maximum absolute atomic E-state index is 12.8. The molecular weight excluding hydrogens is 432 g/mol. The van der Waals surface area contributed by atoms with Crippen LogP contribution in [-0.4, -0.2) is 81.4 Å². The number of anilines is 1. The van der Waals surface area contributed by atoms with E-state index in [1.165, 1.54) is 4.90 Å². The Morgan fingerprint density at radius 1 is 1.09 bits per heavy atom. The van der Waals surface area contributed by atoms with Crippen molar-refractivity contribution in [1.29, 1.82) is 0 Å². The molecule has 0 aliphatic carbocycles. The van der Waals surface area contributed by atoms with Crippen molar-refractivity contribution >= 4 is 23.4 Å². The molecule has 1 fully saturated rings. The van der Waals surface area contributed by atoms with E-state index in [0.29, 0.717) is 71.3 Å². The first-order chi connectivity index (χ1) is 16.1. The summed E-state index contributed by atoms with van der Waals surface area (Å²) in [6, 6.07) is 4.82. The summed E-state index contributed by atoms with van der Waals surface area (Å²) in [5, 5.41) is 8.97. The molecule has 1 aromatic carbocycles. The number of piperidine rings is 1. The number of imide groups is 1. The van der Waals surface area contributed by atoms with E-state index in [1.807, 2.05) is 6.07 Å². The standard InChI is InChI=1S/C21H28N6O6/c22-26-24-7-9-32-11-13-33-12-10-31-8-6-23-17-3-1-2-15-16(17)14-27(21(15)30)18-4-5-19(28)25-20(18)29/h1-3,18,23H,4-14H2,(H,25,28,29). The zero-order valence-corrected chi connectivity index (χ0v) is 18.3. The maximum Gasteiger partial charge on any atom is 0.255 e. The van der Waals surface area contributed by atoms with Gasteiger partial charge in [-0.1, -0.05) is 11.2 Å². The van der Waals surface area contributed by atoms with E-state index < -0.39 is 11.9 Å². The quantitative estimate of drug-likeness (QED) is 0.139. The summed E-state index contributed by atoms with van der Waals surface area (Å²) >= 11 is 0. The minimum absolute atomic E-state index is 0.196. The van der Waals surface area contributed by atoms with Crippen molar-refractivity contribution < 1.29 is 28.6 Å². The van der Waals surface area contributed by atoms with Gasteiger partial charge in [0.05, 0.1) is 39.6 Å². The molecule has 2 heterocycles. The number of fused-ring (bicyclic) bond motifs is 1. The highest BCUT2D eigenvalue weighted by Gasteiger charge is 2.39. The fourth-order valence-corrected chi connectivity index (χ4v) is 3.70. The lowest BCUT2D eigenvalue weighted by Gasteiger charge is -2.29. The minimum Gasteiger partial charge on any atom is -0.382 e. The van der Waals surface area contributed by atoms with Crippen molar-refractivity contribution in [3.05, 3.63) is 39.8 Å². The normalized spacial score (nSPS) is 17.5. The third-order valence-electron chi connectivity index (χ3n) is 5.29. The average molecular weight is 460 g/mol. The van der Waals surface area contributed by atoms with E-state index in [2.05, 4.69) is 20.7 Å². The smallest absolute Gasteiger partial charge is 0.255 e. The number of carbonyl (C=O) groups excluding carboxylic acids is 3. The molecule has 1 saturated heterocycles. The number of nitrogens with zero attached hydrogens (tertiary/aromatic N) is 4. The SMILES string of the molecule is [N-]=[N+]=NCCOCCOCCOCCNc1cccc2c1CN(C1CCC(=O)NC1=O)C2=O. The van der Waals surface area contributed by atoms with Crippen molar-refractivity contribution in [1.82, 2.24) is 10.2 Å². The lowest BCUT2D eigenvalue weighted by molar-refractivity contribution is -0.136. The van der Waals surface area contributed by atoms with Crippen molar-refractivity contribution in [2.45, 2.75) is 25.4 Å². The van der Waals surface area contributed by atoms with Gasteiger partial charge in [0.1, 0.15) is 6.04 Å². The van der Waals surface area contributed by atoms with Gasteiger partial charge in [-0.3, -0.25) is 19.7 Å². The number of ether oxygens (including phenoxy) is 3. The number of hydrogen-bond acceptors (Lipinski definition) is 8. The van der Waals surface area contributed by atoms with E-state index in [-0.39, 0.29) is 18.2 Å². The minimum atomic E-state index is -0.629. The van der Waals surface area contributed by atoms with Crippen LogP contribution in [0.1, 0.15) is 28.8 Å². The second kappa shape index (κ2) is 12.8. The summed E-state index contributed by atoms with van der Waals surface area (Å²) < 4.78 is 16.2. The summed E-state index contributed by atoms with van der Waals surface area (Å²) in [5.74, 6) is -0.917. The Kier molecular flexibility index (Phi) is 9.45. The zero-order chi connectivity index (χ0) is 23.5. The predicted molar refractivity (Wildman–Crippen MR) is 117 cm³/mol. The molecule has 33 heavy (non-hydrogen) atoms. The molecule has 1 aromatic rings. The Hall–Kier alpha value is -3.18. The fraction of sp³-hybridized carbons (Fsp3) is 0.571. The topological polar surface area (TPSA) is 155 Å². The summed E-state index contributed by atoms with van der Waals surface area (Å²) in [7, 11) is 0. The number of hydrogen-bond donors (Lipinski definition) is 2. The van der Waals surface area contributed by atoms with Gasteiger partial charge in [-0.2, -0.15) is 0 Å². The molecule has 2 aliphatic rings. The maximum atomic E-state index is 12.8. The van der Waals surface area contributed by atoms with Crippen LogP contribution >= 0.6 is 0 Å². The lowest BCUT2D eigenvalue weighted by atomic mass is 10.0. The molecule has 0 bridgehead atoms. The van der Waals surface area contributed by atoms with E-state index in [1.54, 1.807) is 12.1 Å². The molecule has 0 radical (unpaired) electrons. The average Bonchev–Trinajstić information content (AvgIpc) is 3.14. The molecule has 0 aromatic heterocycles.